The van der Waals surface area contributed by atoms with Crippen LogP contribution >= 0.6 is 0 Å². The number of amides is 1. The molecule has 0 spiro atoms. The SMILES string of the molecule is COc1ccc(/C=C(\C#N)C(=O)NCC(=O)O)cc1. The summed E-state index contributed by atoms with van der Waals surface area (Å²) in [6.07, 6.45) is 1.37. The molecule has 1 aromatic rings. The second-order valence-corrected chi connectivity index (χ2v) is 3.52. The first kappa shape index (κ1) is 14.3. The van der Waals surface area contributed by atoms with Crippen LogP contribution in [0.15, 0.2) is 29.8 Å². The van der Waals surface area contributed by atoms with Crippen LogP contribution < -0.4 is 10.1 Å². The van der Waals surface area contributed by atoms with E-state index in [4.69, 9.17) is 15.1 Å². The molecule has 0 aliphatic rings. The number of hydrogen-bond acceptors (Lipinski definition) is 4. The maximum atomic E-state index is 11.5. The third-order valence-corrected chi connectivity index (χ3v) is 2.19. The van der Waals surface area contributed by atoms with Crippen LogP contribution in [-0.2, 0) is 9.59 Å². The third-order valence-electron chi connectivity index (χ3n) is 2.19. The van der Waals surface area contributed by atoms with E-state index in [1.54, 1.807) is 30.3 Å². The van der Waals surface area contributed by atoms with Crippen molar-refractivity contribution in [3.63, 3.8) is 0 Å². The molecule has 0 fully saturated rings. The molecule has 0 unspecified atom stereocenters. The predicted molar refractivity (Wildman–Crippen MR) is 67.2 cm³/mol. The first-order valence-electron chi connectivity index (χ1n) is 5.32. The molecule has 0 saturated heterocycles. The van der Waals surface area contributed by atoms with E-state index in [1.807, 2.05) is 0 Å². The number of hydrogen-bond donors (Lipinski definition) is 2. The summed E-state index contributed by atoms with van der Waals surface area (Å²) in [6, 6.07) is 8.47. The van der Waals surface area contributed by atoms with Crippen molar-refractivity contribution in [1.29, 1.82) is 5.26 Å². The molecule has 0 radical (unpaired) electrons. The predicted octanol–water partition coefficient (Wildman–Crippen LogP) is 0.803. The van der Waals surface area contributed by atoms with Crippen molar-refractivity contribution in [2.24, 2.45) is 0 Å². The molecule has 1 aromatic carbocycles. The molecule has 0 aliphatic heterocycles. The van der Waals surface area contributed by atoms with E-state index in [0.717, 1.165) is 0 Å². The Labute approximate surface area is 109 Å². The molecular formula is C13H12N2O4. The number of nitrogens with zero attached hydrogens (tertiary/aromatic N) is 1. The minimum absolute atomic E-state index is 0.161. The van der Waals surface area contributed by atoms with Crippen LogP contribution in [0.2, 0.25) is 0 Å². The van der Waals surface area contributed by atoms with Crippen LogP contribution in [0, 0.1) is 11.3 Å². The van der Waals surface area contributed by atoms with Gasteiger partial charge in [0.15, 0.2) is 0 Å². The molecule has 0 atom stereocenters. The molecule has 19 heavy (non-hydrogen) atoms. The van der Waals surface area contributed by atoms with Gasteiger partial charge in [-0.2, -0.15) is 5.26 Å². The lowest BCUT2D eigenvalue weighted by atomic mass is 10.1. The third kappa shape index (κ3) is 4.52. The minimum Gasteiger partial charge on any atom is -0.497 e. The Hall–Kier alpha value is -2.81. The van der Waals surface area contributed by atoms with E-state index in [9.17, 15) is 9.59 Å². The Kier molecular flexibility index (Phi) is 5.11. The average Bonchev–Trinajstić information content (AvgIpc) is 2.42. The Morgan fingerprint density at radius 1 is 1.42 bits per heavy atom. The van der Waals surface area contributed by atoms with Gasteiger partial charge in [-0.1, -0.05) is 12.1 Å². The van der Waals surface area contributed by atoms with Crippen LogP contribution in [0.4, 0.5) is 0 Å². The first-order chi connectivity index (χ1) is 9.06. The van der Waals surface area contributed by atoms with E-state index >= 15 is 0 Å². The normalized spacial score (nSPS) is 10.4. The molecule has 0 aromatic heterocycles. The van der Waals surface area contributed by atoms with E-state index in [-0.39, 0.29) is 5.57 Å². The maximum absolute atomic E-state index is 11.5. The van der Waals surface area contributed by atoms with E-state index in [2.05, 4.69) is 5.32 Å². The summed E-state index contributed by atoms with van der Waals surface area (Å²) in [4.78, 5) is 21.8. The molecular weight excluding hydrogens is 248 g/mol. The van der Waals surface area contributed by atoms with Crippen molar-refractivity contribution >= 4 is 18.0 Å². The van der Waals surface area contributed by atoms with Crippen molar-refractivity contribution in [3.8, 4) is 11.8 Å². The molecule has 6 heteroatoms. The lowest BCUT2D eigenvalue weighted by Crippen LogP contribution is -2.30. The maximum Gasteiger partial charge on any atom is 0.322 e. The fraction of sp³-hybridized carbons (Fsp3) is 0.154. The highest BCUT2D eigenvalue weighted by Crippen LogP contribution is 2.13. The van der Waals surface area contributed by atoms with E-state index < -0.39 is 18.4 Å². The Balaban J connectivity index is 2.83. The topological polar surface area (TPSA) is 99.4 Å². The molecule has 0 saturated carbocycles. The lowest BCUT2D eigenvalue weighted by molar-refractivity contribution is -0.137. The second-order valence-electron chi connectivity index (χ2n) is 3.52. The number of rotatable bonds is 5. The zero-order valence-electron chi connectivity index (χ0n) is 10.2. The highest BCUT2D eigenvalue weighted by Gasteiger charge is 2.09. The Morgan fingerprint density at radius 3 is 2.53 bits per heavy atom. The van der Waals surface area contributed by atoms with Gasteiger partial charge in [-0.3, -0.25) is 9.59 Å². The number of carboxylic acid groups (broad SMARTS) is 1. The monoisotopic (exact) mass is 260 g/mol. The van der Waals surface area contributed by atoms with Gasteiger partial charge in [0.1, 0.15) is 23.9 Å². The van der Waals surface area contributed by atoms with Crippen LogP contribution in [0.3, 0.4) is 0 Å². The fourth-order valence-corrected chi connectivity index (χ4v) is 1.27. The molecule has 1 amide bonds. The van der Waals surface area contributed by atoms with Gasteiger partial charge in [0.05, 0.1) is 7.11 Å². The number of nitriles is 1. The van der Waals surface area contributed by atoms with Crippen molar-refractivity contribution < 1.29 is 19.4 Å². The van der Waals surface area contributed by atoms with Crippen molar-refractivity contribution in [2.75, 3.05) is 13.7 Å². The Morgan fingerprint density at radius 2 is 2.05 bits per heavy atom. The Bertz CT molecular complexity index is 541. The van der Waals surface area contributed by atoms with Gasteiger partial charge >= 0.3 is 5.97 Å². The highest BCUT2D eigenvalue weighted by atomic mass is 16.5. The molecule has 6 nitrogen and oxygen atoms in total. The highest BCUT2D eigenvalue weighted by molar-refractivity contribution is 6.02. The van der Waals surface area contributed by atoms with Gasteiger partial charge in [0.25, 0.3) is 5.91 Å². The number of aliphatic carboxylic acids is 1. The number of ether oxygens (including phenoxy) is 1. The van der Waals surface area contributed by atoms with Gasteiger partial charge in [-0.05, 0) is 23.8 Å². The quantitative estimate of drug-likeness (QED) is 0.602. The summed E-state index contributed by atoms with van der Waals surface area (Å²) in [5, 5.41) is 19.4. The van der Waals surface area contributed by atoms with E-state index in [1.165, 1.54) is 13.2 Å². The van der Waals surface area contributed by atoms with Crippen LogP contribution in [0.5, 0.6) is 5.75 Å². The number of carbonyl (C=O) groups is 2. The van der Waals surface area contributed by atoms with Gasteiger partial charge in [-0.15, -0.1) is 0 Å². The second kappa shape index (κ2) is 6.81. The van der Waals surface area contributed by atoms with Crippen molar-refractivity contribution in [2.45, 2.75) is 0 Å². The fourth-order valence-electron chi connectivity index (χ4n) is 1.27. The zero-order chi connectivity index (χ0) is 14.3. The van der Waals surface area contributed by atoms with Gasteiger partial charge in [-0.25, -0.2) is 0 Å². The summed E-state index contributed by atoms with van der Waals surface area (Å²) in [5.41, 5.74) is 0.481. The summed E-state index contributed by atoms with van der Waals surface area (Å²) in [6.45, 7) is -0.527. The number of nitrogens with one attached hydrogen (secondary N) is 1. The summed E-state index contributed by atoms with van der Waals surface area (Å²) >= 11 is 0. The molecule has 0 heterocycles. The van der Waals surface area contributed by atoms with Crippen LogP contribution in [0.25, 0.3) is 6.08 Å². The first-order valence-corrected chi connectivity index (χ1v) is 5.32. The number of carbonyl (C=O) groups excluding carboxylic acids is 1. The number of carboxylic acids is 1. The van der Waals surface area contributed by atoms with E-state index in [0.29, 0.717) is 11.3 Å². The van der Waals surface area contributed by atoms with Crippen molar-refractivity contribution in [3.05, 3.63) is 35.4 Å². The van der Waals surface area contributed by atoms with Crippen LogP contribution in [0.1, 0.15) is 5.56 Å². The average molecular weight is 260 g/mol. The number of methoxy groups -OCH3 is 1. The molecule has 0 aliphatic carbocycles. The zero-order valence-corrected chi connectivity index (χ0v) is 10.2. The number of benzene rings is 1. The molecule has 0 bridgehead atoms. The lowest BCUT2D eigenvalue weighted by Gasteiger charge is -2.02. The standard InChI is InChI=1S/C13H12N2O4/c1-19-11-4-2-9(3-5-11)6-10(7-14)13(18)15-8-12(16)17/h2-6H,8H2,1H3,(H,15,18)(H,16,17)/b10-6+. The smallest absolute Gasteiger partial charge is 0.322 e. The van der Waals surface area contributed by atoms with Gasteiger partial charge < -0.3 is 15.2 Å². The molecule has 98 valence electrons. The van der Waals surface area contributed by atoms with Crippen LogP contribution in [-0.4, -0.2) is 30.6 Å². The summed E-state index contributed by atoms with van der Waals surface area (Å²) in [5.74, 6) is -1.23. The minimum atomic E-state index is -1.17. The largest absolute Gasteiger partial charge is 0.497 e. The molecule has 2 N–H and O–H groups in total. The molecule has 1 rings (SSSR count). The van der Waals surface area contributed by atoms with Gasteiger partial charge in [0, 0.05) is 0 Å². The summed E-state index contributed by atoms with van der Waals surface area (Å²) < 4.78 is 4.98. The summed E-state index contributed by atoms with van der Waals surface area (Å²) in [7, 11) is 1.53. The van der Waals surface area contributed by atoms with Crippen molar-refractivity contribution in [1.82, 2.24) is 5.32 Å². The van der Waals surface area contributed by atoms with Gasteiger partial charge in [0.2, 0.25) is 0 Å².